The average molecular weight is 361 g/mol. The minimum absolute atomic E-state index is 0.0624. The van der Waals surface area contributed by atoms with Gasteiger partial charge in [0.15, 0.2) is 6.54 Å². The number of hydrogen-bond acceptors (Lipinski definition) is 3. The quantitative estimate of drug-likeness (QED) is 0.627. The van der Waals surface area contributed by atoms with E-state index in [4.69, 9.17) is 5.73 Å². The summed E-state index contributed by atoms with van der Waals surface area (Å²) in [5.74, 6) is -0.111. The van der Waals surface area contributed by atoms with Gasteiger partial charge in [-0.3, -0.25) is 9.59 Å². The molecule has 5 nitrogen and oxygen atoms in total. The van der Waals surface area contributed by atoms with Crippen molar-refractivity contribution >= 4 is 23.2 Å². The van der Waals surface area contributed by atoms with E-state index in [1.165, 1.54) is 10.4 Å². The fourth-order valence-corrected chi connectivity index (χ4v) is 3.55. The molecule has 0 aliphatic rings. The first kappa shape index (κ1) is 19.1. The molecule has 2 amide bonds. The molecule has 0 radical (unpaired) electrons. The van der Waals surface area contributed by atoms with Gasteiger partial charge in [-0.05, 0) is 29.3 Å². The van der Waals surface area contributed by atoms with Crippen molar-refractivity contribution in [3.8, 4) is 0 Å². The smallest absolute Gasteiger partial charge is 0.275 e. The summed E-state index contributed by atoms with van der Waals surface area (Å²) in [4.78, 5) is 23.8. The highest BCUT2D eigenvalue weighted by Crippen LogP contribution is 2.23. The molecule has 5 N–H and O–H groups in total. The normalized spacial score (nSPS) is 12.1. The molecular formula is C19H26N3O2S+. The molecule has 134 valence electrons. The highest BCUT2D eigenvalue weighted by molar-refractivity contribution is 7.10. The number of amides is 2. The van der Waals surface area contributed by atoms with Gasteiger partial charge in [0, 0.05) is 5.56 Å². The van der Waals surface area contributed by atoms with Crippen LogP contribution in [-0.2, 0) is 16.0 Å². The predicted molar refractivity (Wildman–Crippen MR) is 100 cm³/mol. The lowest BCUT2D eigenvalue weighted by Crippen LogP contribution is -2.87. The lowest BCUT2D eigenvalue weighted by Gasteiger charge is -2.15. The molecular weight excluding hydrogens is 334 g/mol. The van der Waals surface area contributed by atoms with Crippen LogP contribution in [0.2, 0.25) is 0 Å². The van der Waals surface area contributed by atoms with E-state index in [2.05, 4.69) is 49.5 Å². The van der Waals surface area contributed by atoms with Gasteiger partial charge >= 0.3 is 0 Å². The number of rotatable bonds is 9. The van der Waals surface area contributed by atoms with Gasteiger partial charge in [-0.2, -0.15) is 0 Å². The van der Waals surface area contributed by atoms with Gasteiger partial charge in [0.2, 0.25) is 5.91 Å². The van der Waals surface area contributed by atoms with Crippen molar-refractivity contribution in [1.82, 2.24) is 5.32 Å². The zero-order chi connectivity index (χ0) is 18.2. The van der Waals surface area contributed by atoms with E-state index in [9.17, 15) is 9.59 Å². The minimum atomic E-state index is -0.538. The first-order chi connectivity index (χ1) is 12.0. The summed E-state index contributed by atoms with van der Waals surface area (Å²) in [5.41, 5.74) is 7.54. The fourth-order valence-electron chi connectivity index (χ4n) is 2.70. The third kappa shape index (κ3) is 6.32. The molecule has 1 heterocycles. The van der Waals surface area contributed by atoms with Crippen LogP contribution in [0.25, 0.3) is 0 Å². The molecule has 6 heteroatoms. The van der Waals surface area contributed by atoms with Crippen LogP contribution in [0.15, 0.2) is 41.8 Å². The highest BCUT2D eigenvalue weighted by Gasteiger charge is 2.20. The van der Waals surface area contributed by atoms with Crippen LogP contribution in [0.5, 0.6) is 0 Å². The van der Waals surface area contributed by atoms with Crippen molar-refractivity contribution in [2.45, 2.75) is 26.3 Å². The molecule has 0 aliphatic carbocycles. The largest absolute Gasteiger partial charge is 0.368 e. The van der Waals surface area contributed by atoms with Crippen LogP contribution >= 0.6 is 11.3 Å². The number of hydrogen-bond donors (Lipinski definition) is 3. The van der Waals surface area contributed by atoms with Crippen molar-refractivity contribution in [3.05, 3.63) is 57.8 Å². The van der Waals surface area contributed by atoms with Crippen LogP contribution in [0, 0.1) is 5.92 Å². The van der Waals surface area contributed by atoms with E-state index < -0.39 is 5.91 Å². The molecule has 0 saturated carbocycles. The summed E-state index contributed by atoms with van der Waals surface area (Å²) in [6.07, 6.45) is 1.06. The van der Waals surface area contributed by atoms with Gasteiger partial charge in [0.25, 0.3) is 5.91 Å². The zero-order valence-corrected chi connectivity index (χ0v) is 15.5. The topological polar surface area (TPSA) is 88.8 Å². The number of benzene rings is 1. The van der Waals surface area contributed by atoms with Crippen molar-refractivity contribution in [2.24, 2.45) is 11.7 Å². The Hall–Kier alpha value is -2.18. The van der Waals surface area contributed by atoms with E-state index in [-0.39, 0.29) is 25.0 Å². The molecule has 0 spiro atoms. The molecule has 0 aliphatic heterocycles. The highest BCUT2D eigenvalue weighted by atomic mass is 32.1. The summed E-state index contributed by atoms with van der Waals surface area (Å²) in [6.45, 7) is 4.53. The Labute approximate surface area is 152 Å². The summed E-state index contributed by atoms with van der Waals surface area (Å²) in [5, 5.41) is 6.55. The molecule has 0 bridgehead atoms. The van der Waals surface area contributed by atoms with Crippen molar-refractivity contribution in [3.63, 3.8) is 0 Å². The maximum atomic E-state index is 11.9. The number of nitrogens with one attached hydrogen (secondary N) is 1. The third-order valence-corrected chi connectivity index (χ3v) is 4.79. The first-order valence-corrected chi connectivity index (χ1v) is 9.34. The monoisotopic (exact) mass is 360 g/mol. The number of nitrogens with two attached hydrogens (primary N) is 2. The van der Waals surface area contributed by atoms with Crippen molar-refractivity contribution in [2.75, 3.05) is 13.1 Å². The Morgan fingerprint density at radius 1 is 1.20 bits per heavy atom. The van der Waals surface area contributed by atoms with E-state index in [1.807, 2.05) is 16.8 Å². The molecule has 0 fully saturated rings. The predicted octanol–water partition coefficient (Wildman–Crippen LogP) is 1.20. The number of primary amides is 1. The molecule has 0 saturated heterocycles. The lowest BCUT2D eigenvalue weighted by molar-refractivity contribution is -0.676. The number of carbonyl (C=O) groups is 2. The van der Waals surface area contributed by atoms with Crippen LogP contribution in [-0.4, -0.2) is 24.9 Å². The third-order valence-electron chi connectivity index (χ3n) is 3.83. The number of thiophene rings is 1. The summed E-state index contributed by atoms with van der Waals surface area (Å²) in [7, 11) is 0. The molecule has 25 heavy (non-hydrogen) atoms. The van der Waals surface area contributed by atoms with Gasteiger partial charge in [0.05, 0.1) is 11.4 Å². The van der Waals surface area contributed by atoms with E-state index in [1.54, 1.807) is 11.3 Å². The standard InChI is InChI=1S/C19H25N3O2S/c1-13(2)10-14-5-7-15(8-6-14)19(16-4-3-9-25-16)22-12-18(24)21-11-17(20)23/h3-9,13,19,22H,10-12H2,1-2H3,(H2,20,23)(H,21,24)/p+1/t19-/m0/s1. The van der Waals surface area contributed by atoms with Gasteiger partial charge in [-0.25, -0.2) is 0 Å². The molecule has 1 atom stereocenters. The maximum absolute atomic E-state index is 11.9. The van der Waals surface area contributed by atoms with E-state index >= 15 is 0 Å². The van der Waals surface area contributed by atoms with Crippen LogP contribution in [0.4, 0.5) is 0 Å². The van der Waals surface area contributed by atoms with Gasteiger partial charge in [-0.15, -0.1) is 11.3 Å². The SMILES string of the molecule is CC(C)Cc1ccc([C@H]([NH2+]CC(=O)NCC(N)=O)c2cccs2)cc1. The number of carbonyl (C=O) groups excluding carboxylic acids is 2. The van der Waals surface area contributed by atoms with Gasteiger partial charge in [0.1, 0.15) is 6.04 Å². The lowest BCUT2D eigenvalue weighted by atomic mass is 9.99. The molecule has 0 unspecified atom stereocenters. The average Bonchev–Trinajstić information content (AvgIpc) is 3.08. The Morgan fingerprint density at radius 3 is 2.48 bits per heavy atom. The van der Waals surface area contributed by atoms with Crippen LogP contribution < -0.4 is 16.4 Å². The zero-order valence-electron chi connectivity index (χ0n) is 14.7. The Morgan fingerprint density at radius 2 is 1.92 bits per heavy atom. The Kier molecular flexibility index (Phi) is 7.16. The van der Waals surface area contributed by atoms with Crippen LogP contribution in [0.1, 0.15) is 35.9 Å². The first-order valence-electron chi connectivity index (χ1n) is 8.46. The van der Waals surface area contributed by atoms with E-state index in [0.29, 0.717) is 5.92 Å². The molecule has 1 aromatic heterocycles. The summed E-state index contributed by atoms with van der Waals surface area (Å²) >= 11 is 1.67. The molecule has 1 aromatic carbocycles. The summed E-state index contributed by atoms with van der Waals surface area (Å²) in [6, 6.07) is 12.8. The van der Waals surface area contributed by atoms with E-state index in [0.717, 1.165) is 12.0 Å². The molecule has 2 rings (SSSR count). The second-order valence-corrected chi connectivity index (χ2v) is 7.49. The van der Waals surface area contributed by atoms with Gasteiger partial charge < -0.3 is 16.4 Å². The van der Waals surface area contributed by atoms with Crippen molar-refractivity contribution in [1.29, 1.82) is 0 Å². The minimum Gasteiger partial charge on any atom is -0.368 e. The van der Waals surface area contributed by atoms with Crippen molar-refractivity contribution < 1.29 is 14.9 Å². The summed E-state index contributed by atoms with van der Waals surface area (Å²) < 4.78 is 0. The van der Waals surface area contributed by atoms with Crippen LogP contribution in [0.3, 0.4) is 0 Å². The fraction of sp³-hybridized carbons (Fsp3) is 0.368. The van der Waals surface area contributed by atoms with Gasteiger partial charge in [-0.1, -0.05) is 44.2 Å². The molecule has 2 aromatic rings. The Bertz CT molecular complexity index is 681. The second kappa shape index (κ2) is 9.34. The second-order valence-electron chi connectivity index (χ2n) is 6.52. The Balaban J connectivity index is 2.06. The number of quaternary nitrogens is 1. The maximum Gasteiger partial charge on any atom is 0.275 e.